The molecule has 18 heavy (non-hydrogen) atoms. The minimum Gasteiger partial charge on any atom is -0.298 e. The fourth-order valence-corrected chi connectivity index (χ4v) is 2.53. The van der Waals surface area contributed by atoms with Crippen molar-refractivity contribution in [1.29, 1.82) is 0 Å². The van der Waals surface area contributed by atoms with Gasteiger partial charge in [0.1, 0.15) is 12.6 Å². The molecule has 0 amide bonds. The van der Waals surface area contributed by atoms with Crippen LogP contribution in [0.3, 0.4) is 0 Å². The Hall–Kier alpha value is -1.94. The molecule has 0 unspecified atom stereocenters. The number of halogens is 1. The summed E-state index contributed by atoms with van der Waals surface area (Å²) in [6, 6.07) is 13.4. The van der Waals surface area contributed by atoms with Crippen molar-refractivity contribution in [2.24, 2.45) is 0 Å². The molecule has 0 fully saturated rings. The first-order valence-electron chi connectivity index (χ1n) is 5.47. The van der Waals surface area contributed by atoms with Crippen LogP contribution in [-0.2, 0) is 0 Å². The van der Waals surface area contributed by atoms with E-state index >= 15 is 0 Å². The SMILES string of the molecule is O=Cc1ccc(-n2cnc3ccccc32)c(Br)c1. The van der Waals surface area contributed by atoms with Gasteiger partial charge in [0.2, 0.25) is 0 Å². The van der Waals surface area contributed by atoms with E-state index in [1.54, 1.807) is 18.5 Å². The summed E-state index contributed by atoms with van der Waals surface area (Å²) in [4.78, 5) is 15.1. The van der Waals surface area contributed by atoms with E-state index in [-0.39, 0.29) is 0 Å². The van der Waals surface area contributed by atoms with E-state index in [1.165, 1.54) is 0 Å². The van der Waals surface area contributed by atoms with Crippen LogP contribution in [0.2, 0.25) is 0 Å². The predicted molar refractivity (Wildman–Crippen MR) is 74.2 cm³/mol. The molecule has 0 N–H and O–H groups in total. The molecule has 1 aromatic heterocycles. The molecule has 0 saturated carbocycles. The van der Waals surface area contributed by atoms with E-state index in [0.717, 1.165) is 27.5 Å². The third kappa shape index (κ3) is 1.75. The van der Waals surface area contributed by atoms with Crippen LogP contribution in [0.15, 0.2) is 53.3 Å². The van der Waals surface area contributed by atoms with Crippen LogP contribution in [-0.4, -0.2) is 15.8 Å². The van der Waals surface area contributed by atoms with Crippen LogP contribution in [0.5, 0.6) is 0 Å². The Balaban J connectivity index is 2.23. The van der Waals surface area contributed by atoms with Gasteiger partial charge in [-0.15, -0.1) is 0 Å². The number of para-hydroxylation sites is 2. The van der Waals surface area contributed by atoms with E-state index in [2.05, 4.69) is 20.9 Å². The van der Waals surface area contributed by atoms with Crippen LogP contribution in [0.4, 0.5) is 0 Å². The summed E-state index contributed by atoms with van der Waals surface area (Å²) in [5.74, 6) is 0. The van der Waals surface area contributed by atoms with Gasteiger partial charge >= 0.3 is 0 Å². The van der Waals surface area contributed by atoms with Crippen molar-refractivity contribution in [2.75, 3.05) is 0 Å². The Labute approximate surface area is 112 Å². The lowest BCUT2D eigenvalue weighted by Crippen LogP contribution is -1.94. The number of nitrogens with zero attached hydrogens (tertiary/aromatic N) is 2. The second-order valence-corrected chi connectivity index (χ2v) is 4.79. The van der Waals surface area contributed by atoms with Gasteiger partial charge in [0, 0.05) is 10.0 Å². The highest BCUT2D eigenvalue weighted by atomic mass is 79.9. The molecule has 3 nitrogen and oxygen atoms in total. The van der Waals surface area contributed by atoms with E-state index in [0.29, 0.717) is 5.56 Å². The molecule has 4 heteroatoms. The van der Waals surface area contributed by atoms with Crippen LogP contribution in [0.1, 0.15) is 10.4 Å². The van der Waals surface area contributed by atoms with Gasteiger partial charge < -0.3 is 0 Å². The summed E-state index contributed by atoms with van der Waals surface area (Å²) in [5.41, 5.74) is 3.60. The Morgan fingerprint density at radius 3 is 2.78 bits per heavy atom. The Morgan fingerprint density at radius 1 is 1.17 bits per heavy atom. The number of carbonyl (C=O) groups excluding carboxylic acids is 1. The molecule has 3 rings (SSSR count). The van der Waals surface area contributed by atoms with Crippen LogP contribution < -0.4 is 0 Å². The largest absolute Gasteiger partial charge is 0.298 e. The molecule has 0 aliphatic carbocycles. The smallest absolute Gasteiger partial charge is 0.150 e. The van der Waals surface area contributed by atoms with E-state index in [4.69, 9.17) is 0 Å². The number of carbonyl (C=O) groups is 1. The summed E-state index contributed by atoms with van der Waals surface area (Å²) < 4.78 is 2.86. The highest BCUT2D eigenvalue weighted by molar-refractivity contribution is 9.10. The van der Waals surface area contributed by atoms with Crippen molar-refractivity contribution in [3.8, 4) is 5.69 Å². The first-order chi connectivity index (χ1) is 8.79. The maximum Gasteiger partial charge on any atom is 0.150 e. The van der Waals surface area contributed by atoms with Crippen molar-refractivity contribution in [2.45, 2.75) is 0 Å². The zero-order chi connectivity index (χ0) is 12.5. The number of hydrogen-bond acceptors (Lipinski definition) is 2. The molecule has 3 aromatic rings. The molecule has 0 saturated heterocycles. The third-order valence-corrected chi connectivity index (χ3v) is 3.46. The Morgan fingerprint density at radius 2 is 2.00 bits per heavy atom. The molecule has 0 bridgehead atoms. The van der Waals surface area contributed by atoms with Crippen molar-refractivity contribution >= 4 is 33.2 Å². The second kappa shape index (κ2) is 4.38. The van der Waals surface area contributed by atoms with Crippen LogP contribution >= 0.6 is 15.9 Å². The van der Waals surface area contributed by atoms with Gasteiger partial charge in [-0.1, -0.05) is 12.1 Å². The maximum absolute atomic E-state index is 10.7. The highest BCUT2D eigenvalue weighted by Crippen LogP contribution is 2.25. The number of hydrogen-bond donors (Lipinski definition) is 0. The number of aromatic nitrogens is 2. The topological polar surface area (TPSA) is 34.9 Å². The molecule has 0 aliphatic rings. The molecular formula is C14H9BrN2O. The van der Waals surface area contributed by atoms with Crippen molar-refractivity contribution in [3.05, 3.63) is 58.8 Å². The molecular weight excluding hydrogens is 292 g/mol. The van der Waals surface area contributed by atoms with Crippen molar-refractivity contribution in [3.63, 3.8) is 0 Å². The van der Waals surface area contributed by atoms with Crippen molar-refractivity contribution in [1.82, 2.24) is 9.55 Å². The van der Waals surface area contributed by atoms with Crippen LogP contribution in [0, 0.1) is 0 Å². The summed E-state index contributed by atoms with van der Waals surface area (Å²) in [7, 11) is 0. The Kier molecular flexibility index (Phi) is 2.72. The lowest BCUT2D eigenvalue weighted by Gasteiger charge is -2.07. The predicted octanol–water partition coefficient (Wildman–Crippen LogP) is 3.60. The lowest BCUT2D eigenvalue weighted by atomic mass is 10.2. The molecule has 0 radical (unpaired) electrons. The number of imidazole rings is 1. The van der Waals surface area contributed by atoms with E-state index in [1.807, 2.05) is 34.9 Å². The van der Waals surface area contributed by atoms with Crippen molar-refractivity contribution < 1.29 is 4.79 Å². The zero-order valence-electron chi connectivity index (χ0n) is 9.38. The first kappa shape index (κ1) is 11.2. The quantitative estimate of drug-likeness (QED) is 0.678. The molecule has 1 heterocycles. The molecule has 0 spiro atoms. The lowest BCUT2D eigenvalue weighted by molar-refractivity contribution is 0.112. The van der Waals surface area contributed by atoms with Crippen LogP contribution in [0.25, 0.3) is 16.7 Å². The average molecular weight is 301 g/mol. The normalized spacial score (nSPS) is 10.7. The zero-order valence-corrected chi connectivity index (χ0v) is 11.0. The maximum atomic E-state index is 10.7. The highest BCUT2D eigenvalue weighted by Gasteiger charge is 2.07. The number of rotatable bonds is 2. The summed E-state index contributed by atoms with van der Waals surface area (Å²) in [6.07, 6.45) is 2.62. The number of aldehydes is 1. The standard InChI is InChI=1S/C14H9BrN2O/c15-11-7-10(8-18)5-6-13(11)17-9-16-12-3-1-2-4-14(12)17/h1-9H. The van der Waals surface area contributed by atoms with Gasteiger partial charge in [-0.05, 0) is 46.3 Å². The fraction of sp³-hybridized carbons (Fsp3) is 0. The van der Waals surface area contributed by atoms with E-state index in [9.17, 15) is 4.79 Å². The van der Waals surface area contributed by atoms with Gasteiger partial charge in [0.05, 0.1) is 16.7 Å². The minimum absolute atomic E-state index is 0.648. The van der Waals surface area contributed by atoms with Gasteiger partial charge in [-0.3, -0.25) is 9.36 Å². The molecule has 2 aromatic carbocycles. The average Bonchev–Trinajstić information content (AvgIpc) is 2.82. The van der Waals surface area contributed by atoms with Gasteiger partial charge in [-0.2, -0.15) is 0 Å². The fourth-order valence-electron chi connectivity index (χ4n) is 1.94. The van der Waals surface area contributed by atoms with Gasteiger partial charge in [-0.25, -0.2) is 4.98 Å². The minimum atomic E-state index is 0.648. The molecule has 0 atom stereocenters. The van der Waals surface area contributed by atoms with E-state index < -0.39 is 0 Å². The number of benzene rings is 2. The second-order valence-electron chi connectivity index (χ2n) is 3.93. The molecule has 0 aliphatic heterocycles. The van der Waals surface area contributed by atoms with Gasteiger partial charge in [0.15, 0.2) is 0 Å². The first-order valence-corrected chi connectivity index (χ1v) is 6.26. The summed E-state index contributed by atoms with van der Waals surface area (Å²) in [5, 5.41) is 0. The molecule has 88 valence electrons. The number of fused-ring (bicyclic) bond motifs is 1. The third-order valence-electron chi connectivity index (χ3n) is 2.82. The van der Waals surface area contributed by atoms with Gasteiger partial charge in [0.25, 0.3) is 0 Å². The Bertz CT molecular complexity index is 733. The summed E-state index contributed by atoms with van der Waals surface area (Å²) >= 11 is 3.49. The summed E-state index contributed by atoms with van der Waals surface area (Å²) in [6.45, 7) is 0. The monoisotopic (exact) mass is 300 g/mol.